The number of nitrogens with zero attached hydrogens (tertiary/aromatic N) is 3. The van der Waals surface area contributed by atoms with Crippen LogP contribution in [0.5, 0.6) is 0 Å². The number of hydrogen-bond donors (Lipinski definition) is 1. The summed E-state index contributed by atoms with van der Waals surface area (Å²) in [5.41, 5.74) is 6.85. The van der Waals surface area contributed by atoms with Crippen molar-refractivity contribution in [1.82, 2.24) is 14.8 Å². The number of hydrogen-bond acceptors (Lipinski definition) is 5. The van der Waals surface area contributed by atoms with Crippen molar-refractivity contribution in [2.75, 3.05) is 31.9 Å². The van der Waals surface area contributed by atoms with Gasteiger partial charge in [0.2, 0.25) is 5.91 Å². The fraction of sp³-hybridized carbons (Fsp3) is 0.800. The Hall–Kier alpha value is -1.14. The number of anilines is 1. The zero-order valence-corrected chi connectivity index (χ0v) is 17.2. The lowest BCUT2D eigenvalue weighted by atomic mass is 9.79. The van der Waals surface area contributed by atoms with Crippen LogP contribution in [0.25, 0.3) is 0 Å². The number of carbonyl (C=O) groups is 1. The maximum absolute atomic E-state index is 12.9. The third kappa shape index (κ3) is 4.97. The molecule has 146 valence electrons. The van der Waals surface area contributed by atoms with E-state index < -0.39 is 0 Å². The molecular formula is C20H34N4OS. The predicted octanol–water partition coefficient (Wildman–Crippen LogP) is 3.67. The van der Waals surface area contributed by atoms with Gasteiger partial charge in [0.25, 0.3) is 0 Å². The number of piperazine rings is 1. The molecule has 2 fully saturated rings. The Morgan fingerprint density at radius 1 is 1.19 bits per heavy atom. The summed E-state index contributed by atoms with van der Waals surface area (Å²) in [5.74, 6) is 1.56. The molecule has 1 saturated carbocycles. The van der Waals surface area contributed by atoms with Crippen molar-refractivity contribution in [3.63, 3.8) is 0 Å². The highest BCUT2D eigenvalue weighted by atomic mass is 32.1. The maximum atomic E-state index is 12.9. The number of unbranched alkanes of at least 4 members (excludes halogenated alkanes) is 1. The summed E-state index contributed by atoms with van der Waals surface area (Å²) in [6, 6.07) is 0. The maximum Gasteiger partial charge on any atom is 0.225 e. The normalized spacial score (nSPS) is 24.8. The smallest absolute Gasteiger partial charge is 0.225 e. The van der Waals surface area contributed by atoms with Crippen LogP contribution in [-0.2, 0) is 11.3 Å². The van der Waals surface area contributed by atoms with E-state index in [1.54, 1.807) is 11.3 Å². The SMILES string of the molecule is CCCCC1CCC(C(=O)N2CCN(Cc3sc(N)nc3C)CC2)CC1. The van der Waals surface area contributed by atoms with E-state index in [1.807, 2.05) is 6.92 Å². The van der Waals surface area contributed by atoms with Gasteiger partial charge in [-0.3, -0.25) is 9.69 Å². The quantitative estimate of drug-likeness (QED) is 0.820. The fourth-order valence-corrected chi connectivity index (χ4v) is 5.25. The van der Waals surface area contributed by atoms with Gasteiger partial charge < -0.3 is 10.6 Å². The lowest BCUT2D eigenvalue weighted by molar-refractivity contribution is -0.138. The highest BCUT2D eigenvalue weighted by molar-refractivity contribution is 7.15. The molecule has 1 aromatic heterocycles. The second kappa shape index (κ2) is 9.18. The molecule has 0 bridgehead atoms. The van der Waals surface area contributed by atoms with Crippen molar-refractivity contribution in [3.8, 4) is 0 Å². The molecule has 6 heteroatoms. The molecule has 1 aliphatic carbocycles. The summed E-state index contributed by atoms with van der Waals surface area (Å²) in [4.78, 5) is 23.0. The van der Waals surface area contributed by atoms with Crippen molar-refractivity contribution >= 4 is 22.4 Å². The van der Waals surface area contributed by atoms with Crippen molar-refractivity contribution in [1.29, 1.82) is 0 Å². The van der Waals surface area contributed by atoms with Gasteiger partial charge in [-0.25, -0.2) is 4.98 Å². The van der Waals surface area contributed by atoms with Gasteiger partial charge in [-0.05, 0) is 38.5 Å². The largest absolute Gasteiger partial charge is 0.375 e. The van der Waals surface area contributed by atoms with Crippen molar-refractivity contribution in [2.45, 2.75) is 65.3 Å². The molecule has 0 radical (unpaired) electrons. The molecule has 1 saturated heterocycles. The van der Waals surface area contributed by atoms with Crippen molar-refractivity contribution < 1.29 is 4.79 Å². The standard InChI is InChI=1S/C20H34N4OS/c1-3-4-5-16-6-8-17(9-7-16)19(25)24-12-10-23(11-13-24)14-18-15(2)22-20(21)26-18/h16-17H,3-14H2,1-2H3,(H2,21,22). The van der Waals surface area contributed by atoms with Gasteiger partial charge in [0.1, 0.15) is 0 Å². The molecule has 3 rings (SSSR count). The number of aryl methyl sites for hydroxylation is 1. The Morgan fingerprint density at radius 2 is 1.88 bits per heavy atom. The van der Waals surface area contributed by atoms with E-state index in [2.05, 4.69) is 21.7 Å². The number of thiazole rings is 1. The van der Waals surface area contributed by atoms with E-state index in [-0.39, 0.29) is 5.92 Å². The van der Waals surface area contributed by atoms with Gasteiger partial charge in [0.15, 0.2) is 5.13 Å². The molecular weight excluding hydrogens is 344 g/mol. The average molecular weight is 379 g/mol. The first-order chi connectivity index (χ1) is 12.6. The third-order valence-corrected chi connectivity index (χ3v) is 7.09. The lowest BCUT2D eigenvalue weighted by Gasteiger charge is -2.37. The van der Waals surface area contributed by atoms with Crippen LogP contribution < -0.4 is 5.73 Å². The summed E-state index contributed by atoms with van der Waals surface area (Å²) in [5, 5.41) is 0.654. The summed E-state index contributed by atoms with van der Waals surface area (Å²) >= 11 is 1.59. The van der Waals surface area contributed by atoms with Gasteiger partial charge in [-0.1, -0.05) is 26.2 Å². The number of amides is 1. The topological polar surface area (TPSA) is 62.5 Å². The fourth-order valence-electron chi connectivity index (χ4n) is 4.38. The van der Waals surface area contributed by atoms with Crippen LogP contribution in [0, 0.1) is 18.8 Å². The van der Waals surface area contributed by atoms with Crippen molar-refractivity contribution in [3.05, 3.63) is 10.6 Å². The van der Waals surface area contributed by atoms with Crippen LogP contribution in [0.4, 0.5) is 5.13 Å². The zero-order chi connectivity index (χ0) is 18.5. The van der Waals surface area contributed by atoms with Gasteiger partial charge in [-0.15, -0.1) is 11.3 Å². The van der Waals surface area contributed by atoms with Gasteiger partial charge in [0, 0.05) is 43.5 Å². The highest BCUT2D eigenvalue weighted by Gasteiger charge is 2.31. The molecule has 2 aliphatic rings. The zero-order valence-electron chi connectivity index (χ0n) is 16.4. The van der Waals surface area contributed by atoms with E-state index in [1.165, 1.54) is 37.0 Å². The second-order valence-corrected chi connectivity index (χ2v) is 9.14. The van der Waals surface area contributed by atoms with Crippen LogP contribution in [-0.4, -0.2) is 46.9 Å². The van der Waals surface area contributed by atoms with Crippen LogP contribution in [0.2, 0.25) is 0 Å². The molecule has 0 aromatic carbocycles. The minimum Gasteiger partial charge on any atom is -0.375 e. The minimum absolute atomic E-state index is 0.281. The lowest BCUT2D eigenvalue weighted by Crippen LogP contribution is -2.50. The molecule has 26 heavy (non-hydrogen) atoms. The van der Waals surface area contributed by atoms with Crippen LogP contribution in [0.3, 0.4) is 0 Å². The average Bonchev–Trinajstić information content (AvgIpc) is 2.97. The minimum atomic E-state index is 0.281. The van der Waals surface area contributed by atoms with Gasteiger partial charge in [0.05, 0.1) is 5.69 Å². The molecule has 1 aliphatic heterocycles. The number of nitrogens with two attached hydrogens (primary N) is 1. The second-order valence-electron chi connectivity index (χ2n) is 8.02. The van der Waals surface area contributed by atoms with E-state index in [0.29, 0.717) is 11.0 Å². The molecule has 1 amide bonds. The van der Waals surface area contributed by atoms with E-state index >= 15 is 0 Å². The summed E-state index contributed by atoms with van der Waals surface area (Å²) in [6.45, 7) is 8.83. The van der Waals surface area contributed by atoms with Crippen LogP contribution in [0.15, 0.2) is 0 Å². The first-order valence-electron chi connectivity index (χ1n) is 10.3. The summed E-state index contributed by atoms with van der Waals surface area (Å²) in [6.07, 6.45) is 8.70. The first-order valence-corrected chi connectivity index (χ1v) is 11.1. The van der Waals surface area contributed by atoms with Crippen molar-refractivity contribution in [2.24, 2.45) is 11.8 Å². The highest BCUT2D eigenvalue weighted by Crippen LogP contribution is 2.33. The Labute approximate surface area is 162 Å². The Morgan fingerprint density at radius 3 is 2.46 bits per heavy atom. The van der Waals surface area contributed by atoms with Gasteiger partial charge in [-0.2, -0.15) is 0 Å². The van der Waals surface area contributed by atoms with E-state index in [9.17, 15) is 4.79 Å². The third-order valence-electron chi connectivity index (χ3n) is 6.12. The molecule has 2 N–H and O–H groups in total. The van der Waals surface area contributed by atoms with Crippen LogP contribution in [0.1, 0.15) is 62.4 Å². The number of carbonyl (C=O) groups excluding carboxylic acids is 1. The van der Waals surface area contributed by atoms with E-state index in [0.717, 1.165) is 57.2 Å². The van der Waals surface area contributed by atoms with E-state index in [4.69, 9.17) is 5.73 Å². The Bertz CT molecular complexity index is 587. The number of aromatic nitrogens is 1. The summed E-state index contributed by atoms with van der Waals surface area (Å²) in [7, 11) is 0. The first kappa shape index (κ1) is 19.6. The van der Waals surface area contributed by atoms with Gasteiger partial charge >= 0.3 is 0 Å². The number of rotatable bonds is 6. The Kier molecular flexibility index (Phi) is 6.92. The molecule has 0 unspecified atom stereocenters. The molecule has 0 spiro atoms. The van der Waals surface area contributed by atoms with Crippen LogP contribution >= 0.6 is 11.3 Å². The molecule has 2 heterocycles. The molecule has 1 aromatic rings. The Balaban J connectivity index is 1.42. The molecule has 0 atom stereocenters. The monoisotopic (exact) mass is 378 g/mol. The predicted molar refractivity (Wildman–Crippen MR) is 108 cm³/mol. The summed E-state index contributed by atoms with van der Waals surface area (Å²) < 4.78 is 0. The molecule has 5 nitrogen and oxygen atoms in total. The number of nitrogen functional groups attached to an aromatic ring is 1.